The summed E-state index contributed by atoms with van der Waals surface area (Å²) in [6.07, 6.45) is 1.51. The molecule has 0 aliphatic carbocycles. The Morgan fingerprint density at radius 2 is 2.29 bits per heavy atom. The maximum absolute atomic E-state index is 10.9. The second-order valence-electron chi connectivity index (χ2n) is 3.38. The van der Waals surface area contributed by atoms with Crippen molar-refractivity contribution >= 4 is 29.3 Å². The number of nitrogens with two attached hydrogens (primary N) is 1. The van der Waals surface area contributed by atoms with Gasteiger partial charge < -0.3 is 16.0 Å². The average molecular weight is 258 g/mol. The zero-order valence-corrected chi connectivity index (χ0v) is 10.7. The summed E-state index contributed by atoms with van der Waals surface area (Å²) in [7, 11) is 0. The van der Waals surface area contributed by atoms with Gasteiger partial charge in [-0.05, 0) is 13.8 Å². The van der Waals surface area contributed by atoms with Gasteiger partial charge in [0.15, 0.2) is 5.82 Å². The van der Waals surface area contributed by atoms with Gasteiger partial charge in [0.05, 0.1) is 12.7 Å². The normalized spacial score (nSPS) is 10.1. The lowest BCUT2D eigenvalue weighted by atomic mass is 10.4. The molecule has 0 unspecified atom stereocenters. The summed E-state index contributed by atoms with van der Waals surface area (Å²) in [6.45, 7) is 5.22. The van der Waals surface area contributed by atoms with Crippen LogP contribution in [0.25, 0.3) is 0 Å². The van der Waals surface area contributed by atoms with E-state index in [1.165, 1.54) is 6.20 Å². The minimum Gasteiger partial charge on any atom is -0.368 e. The number of amides is 1. The van der Waals surface area contributed by atoms with E-state index >= 15 is 0 Å². The van der Waals surface area contributed by atoms with E-state index in [9.17, 15) is 4.79 Å². The molecule has 0 saturated heterocycles. The number of nitrogens with zero attached hydrogens (tertiary/aromatic N) is 3. The fraction of sp³-hybridized carbons (Fsp3) is 0.500. The molecule has 0 aliphatic rings. The fourth-order valence-corrected chi connectivity index (χ4v) is 1.56. The molecular weight excluding hydrogens is 242 g/mol. The molecule has 1 aromatic heterocycles. The van der Waals surface area contributed by atoms with Crippen molar-refractivity contribution < 1.29 is 4.79 Å². The monoisotopic (exact) mass is 257 g/mol. The van der Waals surface area contributed by atoms with E-state index in [0.29, 0.717) is 29.9 Å². The van der Waals surface area contributed by atoms with E-state index < -0.39 is 5.91 Å². The Labute approximate surface area is 105 Å². The molecule has 0 fully saturated rings. The lowest BCUT2D eigenvalue weighted by Gasteiger charge is -2.21. The number of hydrogen-bond donors (Lipinski definition) is 2. The number of anilines is 2. The number of primary amides is 1. The third-order valence-electron chi connectivity index (χ3n) is 2.09. The van der Waals surface area contributed by atoms with E-state index in [1.807, 2.05) is 13.8 Å². The van der Waals surface area contributed by atoms with E-state index in [2.05, 4.69) is 15.3 Å². The fourth-order valence-electron chi connectivity index (χ4n) is 1.35. The molecule has 7 heteroatoms. The lowest BCUT2D eigenvalue weighted by molar-refractivity contribution is -0.116. The largest absolute Gasteiger partial charge is 0.368 e. The van der Waals surface area contributed by atoms with Gasteiger partial charge in [-0.25, -0.2) is 4.98 Å². The first-order valence-corrected chi connectivity index (χ1v) is 5.75. The van der Waals surface area contributed by atoms with Gasteiger partial charge in [0, 0.05) is 13.1 Å². The van der Waals surface area contributed by atoms with Crippen LogP contribution < -0.4 is 16.0 Å². The van der Waals surface area contributed by atoms with E-state index in [0.717, 1.165) is 0 Å². The van der Waals surface area contributed by atoms with Crippen LogP contribution in [0.5, 0.6) is 0 Å². The van der Waals surface area contributed by atoms with E-state index in [1.54, 1.807) is 4.90 Å². The molecule has 1 heterocycles. The van der Waals surface area contributed by atoms with Crippen LogP contribution >= 0.6 is 11.6 Å². The Morgan fingerprint density at radius 3 is 2.82 bits per heavy atom. The minimum absolute atomic E-state index is 0.0821. The van der Waals surface area contributed by atoms with Crippen LogP contribution in [0.15, 0.2) is 6.20 Å². The maximum atomic E-state index is 10.9. The van der Waals surface area contributed by atoms with Crippen LogP contribution in [-0.4, -0.2) is 35.5 Å². The smallest absolute Gasteiger partial charge is 0.236 e. The van der Waals surface area contributed by atoms with Crippen molar-refractivity contribution in [3.63, 3.8) is 0 Å². The molecule has 0 radical (unpaired) electrons. The second-order valence-corrected chi connectivity index (χ2v) is 3.78. The van der Waals surface area contributed by atoms with Gasteiger partial charge in [0.25, 0.3) is 0 Å². The van der Waals surface area contributed by atoms with Crippen molar-refractivity contribution in [3.8, 4) is 0 Å². The molecule has 17 heavy (non-hydrogen) atoms. The number of nitrogens with one attached hydrogen (secondary N) is 1. The molecule has 1 rings (SSSR count). The van der Waals surface area contributed by atoms with Gasteiger partial charge >= 0.3 is 0 Å². The zero-order valence-electron chi connectivity index (χ0n) is 9.90. The lowest BCUT2D eigenvalue weighted by Crippen LogP contribution is -2.34. The maximum Gasteiger partial charge on any atom is 0.236 e. The molecule has 1 amide bonds. The molecule has 0 bridgehead atoms. The van der Waals surface area contributed by atoms with Gasteiger partial charge in [-0.3, -0.25) is 4.79 Å². The summed E-state index contributed by atoms with van der Waals surface area (Å²) in [5.74, 6) is 0.570. The number of likely N-dealkylation sites (N-methyl/N-ethyl adjacent to an activating group) is 1. The molecule has 0 saturated carbocycles. The van der Waals surface area contributed by atoms with E-state index in [-0.39, 0.29) is 6.54 Å². The highest BCUT2D eigenvalue weighted by molar-refractivity contribution is 6.32. The van der Waals surface area contributed by atoms with Crippen molar-refractivity contribution in [2.45, 2.75) is 13.8 Å². The highest BCUT2D eigenvalue weighted by Crippen LogP contribution is 2.23. The van der Waals surface area contributed by atoms with Crippen molar-refractivity contribution in [1.82, 2.24) is 9.97 Å². The molecule has 94 valence electrons. The van der Waals surface area contributed by atoms with Crippen LogP contribution in [0.4, 0.5) is 11.8 Å². The van der Waals surface area contributed by atoms with Crippen LogP contribution in [-0.2, 0) is 4.79 Å². The Morgan fingerprint density at radius 1 is 1.59 bits per heavy atom. The summed E-state index contributed by atoms with van der Waals surface area (Å²) >= 11 is 6.01. The SMILES string of the molecule is CCNc1ncc(Cl)c(N(CC)CC(N)=O)n1. The first-order valence-electron chi connectivity index (χ1n) is 5.38. The molecule has 0 aromatic carbocycles. The number of carbonyl (C=O) groups is 1. The molecule has 0 aliphatic heterocycles. The highest BCUT2D eigenvalue weighted by Gasteiger charge is 2.14. The summed E-state index contributed by atoms with van der Waals surface area (Å²) in [5.41, 5.74) is 5.17. The summed E-state index contributed by atoms with van der Waals surface area (Å²) in [4.78, 5) is 20.9. The molecule has 0 atom stereocenters. The Bertz CT molecular complexity index is 398. The summed E-state index contributed by atoms with van der Waals surface area (Å²) < 4.78 is 0. The number of carbonyl (C=O) groups excluding carboxylic acids is 1. The zero-order chi connectivity index (χ0) is 12.8. The highest BCUT2D eigenvalue weighted by atomic mass is 35.5. The topological polar surface area (TPSA) is 84.1 Å². The van der Waals surface area contributed by atoms with Crippen molar-refractivity contribution in [2.24, 2.45) is 5.73 Å². The predicted octanol–water partition coefficient (Wildman–Crippen LogP) is 0.873. The Hall–Kier alpha value is -1.56. The second kappa shape index (κ2) is 6.24. The number of hydrogen-bond acceptors (Lipinski definition) is 5. The van der Waals surface area contributed by atoms with Gasteiger partial charge in [0.2, 0.25) is 11.9 Å². The molecule has 1 aromatic rings. The molecule has 6 nitrogen and oxygen atoms in total. The van der Waals surface area contributed by atoms with Crippen molar-refractivity contribution in [3.05, 3.63) is 11.2 Å². The molecule has 3 N–H and O–H groups in total. The standard InChI is InChI=1S/C10H16ClN5O/c1-3-13-10-14-5-7(11)9(15-10)16(4-2)6-8(12)17/h5H,3-4,6H2,1-2H3,(H2,12,17)(H,13,14,15). The van der Waals surface area contributed by atoms with E-state index in [4.69, 9.17) is 17.3 Å². The first kappa shape index (κ1) is 13.5. The summed E-state index contributed by atoms with van der Waals surface area (Å²) in [6, 6.07) is 0. The van der Waals surface area contributed by atoms with Crippen LogP contribution in [0.3, 0.4) is 0 Å². The van der Waals surface area contributed by atoms with Crippen molar-refractivity contribution in [2.75, 3.05) is 29.9 Å². The van der Waals surface area contributed by atoms with Crippen LogP contribution in [0, 0.1) is 0 Å². The van der Waals surface area contributed by atoms with Crippen LogP contribution in [0.2, 0.25) is 5.02 Å². The third-order valence-corrected chi connectivity index (χ3v) is 2.36. The number of halogens is 1. The predicted molar refractivity (Wildman–Crippen MR) is 68.3 cm³/mol. The first-order chi connectivity index (χ1) is 8.08. The van der Waals surface area contributed by atoms with Gasteiger partial charge in [-0.2, -0.15) is 4.98 Å². The number of rotatable bonds is 6. The Balaban J connectivity index is 2.99. The average Bonchev–Trinajstić information content (AvgIpc) is 2.29. The van der Waals surface area contributed by atoms with Crippen molar-refractivity contribution in [1.29, 1.82) is 0 Å². The minimum atomic E-state index is -0.425. The summed E-state index contributed by atoms with van der Waals surface area (Å²) in [5, 5.41) is 3.38. The number of aromatic nitrogens is 2. The quantitative estimate of drug-likeness (QED) is 0.790. The Kier molecular flexibility index (Phi) is 4.96. The molecular formula is C10H16ClN5O. The van der Waals surface area contributed by atoms with Gasteiger partial charge in [-0.15, -0.1) is 0 Å². The third kappa shape index (κ3) is 3.74. The van der Waals surface area contributed by atoms with Gasteiger partial charge in [0.1, 0.15) is 5.02 Å². The van der Waals surface area contributed by atoms with Crippen LogP contribution in [0.1, 0.15) is 13.8 Å². The van der Waals surface area contributed by atoms with Gasteiger partial charge in [-0.1, -0.05) is 11.6 Å². The molecule has 0 spiro atoms.